The second-order valence-corrected chi connectivity index (χ2v) is 6.45. The Morgan fingerprint density at radius 1 is 1.21 bits per heavy atom. The van der Waals surface area contributed by atoms with E-state index in [4.69, 9.17) is 14.2 Å². The van der Waals surface area contributed by atoms with Gasteiger partial charge in [-0.1, -0.05) is 24.3 Å². The van der Waals surface area contributed by atoms with Crippen molar-refractivity contribution in [2.75, 3.05) is 32.1 Å². The molecule has 0 saturated carbocycles. The van der Waals surface area contributed by atoms with Gasteiger partial charge < -0.3 is 29.4 Å². The van der Waals surface area contributed by atoms with Crippen molar-refractivity contribution >= 4 is 17.7 Å². The number of hydroxylamine groups is 2. The molecule has 0 bridgehead atoms. The highest BCUT2D eigenvalue weighted by Crippen LogP contribution is 2.39. The molecule has 1 amide bonds. The number of fused-ring (bicyclic) bond motifs is 1. The molecule has 2 N–H and O–H groups in total. The van der Waals surface area contributed by atoms with Crippen molar-refractivity contribution < 1.29 is 34.1 Å². The molecule has 0 radical (unpaired) electrons. The number of anilines is 1. The molecule has 0 aliphatic carbocycles. The van der Waals surface area contributed by atoms with Crippen LogP contribution in [0.5, 0.6) is 11.5 Å². The number of para-hydroxylation sites is 2. The summed E-state index contributed by atoms with van der Waals surface area (Å²) in [7, 11) is 2.99. The van der Waals surface area contributed by atoms with Gasteiger partial charge in [-0.05, 0) is 29.8 Å². The maximum atomic E-state index is 13.3. The average Bonchev–Trinajstić information content (AvgIpc) is 2.81. The van der Waals surface area contributed by atoms with Crippen LogP contribution in [0.25, 0.3) is 0 Å². The Kier molecular flexibility index (Phi) is 6.20. The largest absolute Gasteiger partial charge is 0.506 e. The maximum Gasteiger partial charge on any atom is 0.506 e. The summed E-state index contributed by atoms with van der Waals surface area (Å²) in [5.74, 6) is 0.427. The Morgan fingerprint density at radius 3 is 2.52 bits per heavy atom. The Labute approximate surface area is 167 Å². The number of rotatable bonds is 6. The fourth-order valence-corrected chi connectivity index (χ4v) is 3.11. The topological polar surface area (TPSA) is 109 Å². The van der Waals surface area contributed by atoms with Gasteiger partial charge in [-0.3, -0.25) is 4.79 Å². The minimum absolute atomic E-state index is 0.112. The zero-order valence-electron chi connectivity index (χ0n) is 16.0. The minimum Gasteiger partial charge on any atom is -0.497 e. The molecule has 0 spiro atoms. The number of methoxy groups -OCH3 is 1. The summed E-state index contributed by atoms with van der Waals surface area (Å²) in [5.41, 5.74) is 1.02. The van der Waals surface area contributed by atoms with E-state index in [1.807, 2.05) is 0 Å². The molecule has 9 heteroatoms. The highest BCUT2D eigenvalue weighted by atomic mass is 16.7. The number of carboxylic acid groups (broad SMARTS) is 1. The quantitative estimate of drug-likeness (QED) is 0.561. The van der Waals surface area contributed by atoms with Crippen molar-refractivity contribution in [2.45, 2.75) is 12.2 Å². The van der Waals surface area contributed by atoms with Crippen LogP contribution in [0.3, 0.4) is 0 Å². The molecule has 2 aromatic rings. The van der Waals surface area contributed by atoms with Crippen molar-refractivity contribution in [1.29, 1.82) is 0 Å². The Hall–Kier alpha value is -3.30. The van der Waals surface area contributed by atoms with Gasteiger partial charge in [0.25, 0.3) is 5.91 Å². The summed E-state index contributed by atoms with van der Waals surface area (Å²) in [6.45, 7) is 0.258. The van der Waals surface area contributed by atoms with Gasteiger partial charge in [0.2, 0.25) is 6.10 Å². The van der Waals surface area contributed by atoms with Crippen LogP contribution in [0.1, 0.15) is 11.7 Å². The van der Waals surface area contributed by atoms with Crippen LogP contribution in [0.4, 0.5) is 10.5 Å². The predicted octanol–water partition coefficient (Wildman–Crippen LogP) is 2.55. The summed E-state index contributed by atoms with van der Waals surface area (Å²) in [6, 6.07) is 13.6. The van der Waals surface area contributed by atoms with E-state index < -0.39 is 24.3 Å². The van der Waals surface area contributed by atoms with Crippen LogP contribution < -0.4 is 14.4 Å². The number of amides is 1. The Balaban J connectivity index is 2.06. The number of carbonyl (C=O) groups excluding carboxylic acids is 1. The van der Waals surface area contributed by atoms with Crippen molar-refractivity contribution in [3.05, 3.63) is 54.1 Å². The van der Waals surface area contributed by atoms with Crippen molar-refractivity contribution in [1.82, 2.24) is 5.06 Å². The van der Waals surface area contributed by atoms with Crippen LogP contribution in [-0.2, 0) is 9.53 Å². The second kappa shape index (κ2) is 8.80. The first-order valence-electron chi connectivity index (χ1n) is 8.91. The van der Waals surface area contributed by atoms with Gasteiger partial charge >= 0.3 is 6.16 Å². The fourth-order valence-electron chi connectivity index (χ4n) is 3.11. The van der Waals surface area contributed by atoms with Gasteiger partial charge in [-0.15, -0.1) is 0 Å². The van der Waals surface area contributed by atoms with Crippen LogP contribution in [-0.4, -0.2) is 60.8 Å². The molecule has 0 aromatic heterocycles. The normalized spacial score (nSPS) is 18.6. The highest BCUT2D eigenvalue weighted by Gasteiger charge is 2.42. The molecule has 1 aliphatic heterocycles. The molecule has 154 valence electrons. The van der Waals surface area contributed by atoms with Gasteiger partial charge in [-0.25, -0.2) is 4.79 Å². The molecular weight excluding hydrogens is 380 g/mol. The lowest BCUT2D eigenvalue weighted by Crippen LogP contribution is -2.46. The van der Waals surface area contributed by atoms with Crippen molar-refractivity contribution in [2.24, 2.45) is 0 Å². The molecule has 2 atom stereocenters. The van der Waals surface area contributed by atoms with E-state index in [1.54, 1.807) is 48.5 Å². The van der Waals surface area contributed by atoms with Crippen molar-refractivity contribution in [3.63, 3.8) is 0 Å². The fraction of sp³-hybridized carbons (Fsp3) is 0.300. The lowest BCUT2D eigenvalue weighted by molar-refractivity contribution is -0.133. The first-order chi connectivity index (χ1) is 13.9. The lowest BCUT2D eigenvalue weighted by atomic mass is 10.0. The van der Waals surface area contributed by atoms with Gasteiger partial charge in [0.15, 0.2) is 6.10 Å². The summed E-state index contributed by atoms with van der Waals surface area (Å²) in [4.78, 5) is 26.0. The molecule has 1 aliphatic rings. The molecule has 9 nitrogen and oxygen atoms in total. The number of likely N-dealkylation sites (N-methyl/N-ethyl adjacent to an activating group) is 1. The van der Waals surface area contributed by atoms with Gasteiger partial charge in [0.1, 0.15) is 11.5 Å². The minimum atomic E-state index is -1.59. The Morgan fingerprint density at radius 2 is 1.90 bits per heavy atom. The first-order valence-corrected chi connectivity index (χ1v) is 8.91. The summed E-state index contributed by atoms with van der Waals surface area (Å²) < 4.78 is 16.2. The lowest BCUT2D eigenvalue weighted by Gasteiger charge is -2.26. The van der Waals surface area contributed by atoms with E-state index in [9.17, 15) is 19.9 Å². The van der Waals surface area contributed by atoms with E-state index in [-0.39, 0.29) is 13.1 Å². The van der Waals surface area contributed by atoms with E-state index in [0.717, 1.165) is 5.06 Å². The third-order valence-corrected chi connectivity index (χ3v) is 4.51. The molecule has 3 rings (SSSR count). The molecule has 0 fully saturated rings. The van der Waals surface area contributed by atoms with Gasteiger partial charge in [-0.2, -0.15) is 5.06 Å². The third kappa shape index (κ3) is 4.58. The summed E-state index contributed by atoms with van der Waals surface area (Å²) in [6.07, 6.45) is -4.02. The van der Waals surface area contributed by atoms with Crippen LogP contribution in [0.2, 0.25) is 0 Å². The van der Waals surface area contributed by atoms with Crippen molar-refractivity contribution in [3.8, 4) is 11.5 Å². The van der Waals surface area contributed by atoms with E-state index in [0.29, 0.717) is 22.7 Å². The standard InChI is InChI=1S/C20H22N2O7/c1-21(26)11-12-22-15-5-3-4-6-16(15)28-17(18(19(22)23)29-20(24)25)13-7-9-14(27-2)10-8-13/h3-10,17-18,26H,11-12H2,1-2H3,(H,24,25). The molecule has 2 aromatic carbocycles. The number of benzene rings is 2. The van der Waals surface area contributed by atoms with Crippen LogP contribution >= 0.6 is 0 Å². The molecule has 0 saturated heterocycles. The molecule has 29 heavy (non-hydrogen) atoms. The first kappa shape index (κ1) is 20.4. The molecule has 2 unspecified atom stereocenters. The molecule has 1 heterocycles. The SMILES string of the molecule is COc1ccc(C2Oc3ccccc3N(CCN(C)O)C(=O)C2OC(=O)O)cc1. The smallest absolute Gasteiger partial charge is 0.497 e. The van der Waals surface area contributed by atoms with Gasteiger partial charge in [0, 0.05) is 20.1 Å². The van der Waals surface area contributed by atoms with E-state index in [1.165, 1.54) is 19.1 Å². The maximum absolute atomic E-state index is 13.3. The third-order valence-electron chi connectivity index (χ3n) is 4.51. The number of ether oxygens (including phenoxy) is 3. The highest BCUT2D eigenvalue weighted by molar-refractivity contribution is 5.99. The van der Waals surface area contributed by atoms with Gasteiger partial charge in [0.05, 0.1) is 12.8 Å². The number of nitrogens with zero attached hydrogens (tertiary/aromatic N) is 2. The summed E-state index contributed by atoms with van der Waals surface area (Å²) >= 11 is 0. The molecular formula is C20H22N2O7. The zero-order valence-corrected chi connectivity index (χ0v) is 16.0. The monoisotopic (exact) mass is 402 g/mol. The van der Waals surface area contributed by atoms with E-state index >= 15 is 0 Å². The number of hydrogen-bond donors (Lipinski definition) is 2. The number of hydrogen-bond acceptors (Lipinski definition) is 7. The average molecular weight is 402 g/mol. The van der Waals surface area contributed by atoms with Crippen LogP contribution in [0, 0.1) is 0 Å². The Bertz CT molecular complexity index is 869. The predicted molar refractivity (Wildman–Crippen MR) is 102 cm³/mol. The van der Waals surface area contributed by atoms with Crippen LogP contribution in [0.15, 0.2) is 48.5 Å². The number of carbonyl (C=O) groups is 2. The van der Waals surface area contributed by atoms with E-state index in [2.05, 4.69) is 0 Å². The zero-order chi connectivity index (χ0) is 21.0. The summed E-state index contributed by atoms with van der Waals surface area (Å²) in [5, 5.41) is 19.7. The second-order valence-electron chi connectivity index (χ2n) is 6.45.